The second kappa shape index (κ2) is 10.0. The molecule has 2 aromatic rings. The quantitative estimate of drug-likeness (QED) is 0.356. The first-order valence-electron chi connectivity index (χ1n) is 9.85. The van der Waals surface area contributed by atoms with Crippen molar-refractivity contribution in [2.24, 2.45) is 22.9 Å². The molecule has 0 unspecified atom stereocenters. The zero-order chi connectivity index (χ0) is 24.2. The zero-order valence-electron chi connectivity index (χ0n) is 17.2. The lowest BCUT2D eigenvalue weighted by atomic mass is 10.2. The molecule has 0 heterocycles. The van der Waals surface area contributed by atoms with Crippen LogP contribution < -0.4 is 10.7 Å². The zero-order valence-corrected chi connectivity index (χ0v) is 18.0. The number of amides is 2. The second-order valence-corrected chi connectivity index (χ2v) is 7.62. The smallest absolute Gasteiger partial charge is 0.416 e. The van der Waals surface area contributed by atoms with Crippen LogP contribution in [0.25, 0.3) is 0 Å². The van der Waals surface area contributed by atoms with Gasteiger partial charge >= 0.3 is 12.1 Å². The summed E-state index contributed by atoms with van der Waals surface area (Å²) in [5.41, 5.74) is 1.87. The Labute approximate surface area is 191 Å². The number of hydrogen-bond donors (Lipinski definition) is 2. The molecule has 0 saturated heterocycles. The van der Waals surface area contributed by atoms with Gasteiger partial charge in [0.2, 0.25) is 11.8 Å². The molecule has 0 radical (unpaired) electrons. The van der Waals surface area contributed by atoms with Crippen LogP contribution in [-0.4, -0.2) is 30.6 Å². The Hall–Kier alpha value is -3.40. The van der Waals surface area contributed by atoms with Gasteiger partial charge in [-0.25, -0.2) is 5.43 Å². The fourth-order valence-corrected chi connectivity index (χ4v) is 3.41. The molecule has 3 rings (SSSR count). The normalized spacial score (nSPS) is 19.7. The van der Waals surface area contributed by atoms with Gasteiger partial charge in [0, 0.05) is 10.7 Å². The molecular formula is C22H19ClF3N3O4. The molecule has 2 amide bonds. The van der Waals surface area contributed by atoms with Crippen molar-refractivity contribution in [3.63, 3.8) is 0 Å². The number of alkyl halides is 3. The first-order valence-corrected chi connectivity index (χ1v) is 10.2. The predicted octanol–water partition coefficient (Wildman–Crippen LogP) is 3.87. The minimum atomic E-state index is -4.59. The Morgan fingerprint density at radius 1 is 1.06 bits per heavy atom. The number of carbonyl (C=O) groups is 3. The summed E-state index contributed by atoms with van der Waals surface area (Å²) in [6.45, 7) is 1.61. The van der Waals surface area contributed by atoms with Crippen molar-refractivity contribution in [3.05, 3.63) is 64.7 Å². The summed E-state index contributed by atoms with van der Waals surface area (Å²) in [4.78, 5) is 37.4. The summed E-state index contributed by atoms with van der Waals surface area (Å²) < 4.78 is 43.7. The Balaban J connectivity index is 1.69. The SMILES string of the molecule is CCOC(=O)[C@H]1[C@H](C(=O)Nc2cccc(C(F)(F)F)c2)[C@@H]1C(=O)N/N=C\c1ccc(Cl)cc1. The van der Waals surface area contributed by atoms with Crippen LogP contribution in [0.1, 0.15) is 18.1 Å². The highest BCUT2D eigenvalue weighted by Gasteiger charge is 2.63. The first-order chi connectivity index (χ1) is 15.6. The van der Waals surface area contributed by atoms with Crippen molar-refractivity contribution in [2.75, 3.05) is 11.9 Å². The summed E-state index contributed by atoms with van der Waals surface area (Å²) in [6, 6.07) is 10.7. The maximum Gasteiger partial charge on any atom is 0.416 e. The molecule has 3 atom stereocenters. The summed E-state index contributed by atoms with van der Waals surface area (Å²) in [6.07, 6.45) is -3.23. The summed E-state index contributed by atoms with van der Waals surface area (Å²) >= 11 is 5.80. The number of carbonyl (C=O) groups excluding carboxylic acids is 3. The van der Waals surface area contributed by atoms with Gasteiger partial charge in [0.15, 0.2) is 0 Å². The lowest BCUT2D eigenvalue weighted by molar-refractivity contribution is -0.146. The fourth-order valence-electron chi connectivity index (χ4n) is 3.29. The van der Waals surface area contributed by atoms with E-state index in [-0.39, 0.29) is 12.3 Å². The van der Waals surface area contributed by atoms with Gasteiger partial charge in [-0.1, -0.05) is 29.8 Å². The molecule has 2 N–H and O–H groups in total. The molecule has 0 aliphatic heterocycles. The molecule has 1 fully saturated rings. The second-order valence-electron chi connectivity index (χ2n) is 7.18. The third-order valence-corrected chi connectivity index (χ3v) is 5.15. The molecule has 2 aromatic carbocycles. The van der Waals surface area contributed by atoms with Crippen LogP contribution in [-0.2, 0) is 25.3 Å². The number of halogens is 4. The third-order valence-electron chi connectivity index (χ3n) is 4.90. The van der Waals surface area contributed by atoms with Gasteiger partial charge in [-0.05, 0) is 42.8 Å². The molecule has 0 bridgehead atoms. The summed E-state index contributed by atoms with van der Waals surface area (Å²) in [5.74, 6) is -5.46. The van der Waals surface area contributed by atoms with E-state index in [1.807, 2.05) is 0 Å². The van der Waals surface area contributed by atoms with E-state index in [2.05, 4.69) is 15.8 Å². The maximum absolute atomic E-state index is 12.9. The van der Waals surface area contributed by atoms with Crippen LogP contribution in [0.5, 0.6) is 0 Å². The van der Waals surface area contributed by atoms with Crippen molar-refractivity contribution in [3.8, 4) is 0 Å². The van der Waals surface area contributed by atoms with Crippen LogP contribution in [0.2, 0.25) is 5.02 Å². The Bertz CT molecular complexity index is 1070. The van der Waals surface area contributed by atoms with Gasteiger partial charge in [-0.3, -0.25) is 14.4 Å². The predicted molar refractivity (Wildman–Crippen MR) is 114 cm³/mol. The van der Waals surface area contributed by atoms with Gasteiger partial charge in [-0.15, -0.1) is 0 Å². The van der Waals surface area contributed by atoms with E-state index in [4.69, 9.17) is 16.3 Å². The average molecular weight is 482 g/mol. The van der Waals surface area contributed by atoms with E-state index in [0.29, 0.717) is 10.6 Å². The molecule has 1 aliphatic rings. The number of nitrogens with zero attached hydrogens (tertiary/aromatic N) is 1. The van der Waals surface area contributed by atoms with Crippen molar-refractivity contribution in [1.82, 2.24) is 5.43 Å². The topological polar surface area (TPSA) is 96.9 Å². The van der Waals surface area contributed by atoms with E-state index in [9.17, 15) is 27.6 Å². The van der Waals surface area contributed by atoms with Crippen molar-refractivity contribution in [1.29, 1.82) is 0 Å². The minimum absolute atomic E-state index is 0.0420. The van der Waals surface area contributed by atoms with Crippen LogP contribution in [0.15, 0.2) is 53.6 Å². The Morgan fingerprint density at radius 3 is 2.36 bits per heavy atom. The van der Waals surface area contributed by atoms with E-state index in [1.54, 1.807) is 31.2 Å². The largest absolute Gasteiger partial charge is 0.466 e. The molecule has 33 heavy (non-hydrogen) atoms. The number of hydrogen-bond acceptors (Lipinski definition) is 5. The third kappa shape index (κ3) is 6.10. The fraction of sp³-hybridized carbons (Fsp3) is 0.273. The van der Waals surface area contributed by atoms with E-state index >= 15 is 0 Å². The van der Waals surface area contributed by atoms with Crippen molar-refractivity contribution < 1.29 is 32.3 Å². The monoisotopic (exact) mass is 481 g/mol. The highest BCUT2D eigenvalue weighted by atomic mass is 35.5. The lowest BCUT2D eigenvalue weighted by Crippen LogP contribution is -2.24. The molecule has 0 aromatic heterocycles. The highest BCUT2D eigenvalue weighted by Crippen LogP contribution is 2.48. The lowest BCUT2D eigenvalue weighted by Gasteiger charge is -2.10. The van der Waals surface area contributed by atoms with E-state index in [0.717, 1.165) is 18.2 Å². The number of benzene rings is 2. The number of nitrogens with one attached hydrogen (secondary N) is 2. The van der Waals surface area contributed by atoms with E-state index < -0.39 is 47.3 Å². The van der Waals surface area contributed by atoms with Gasteiger partial charge in [0.05, 0.1) is 36.1 Å². The summed E-state index contributed by atoms with van der Waals surface area (Å²) in [7, 11) is 0. The van der Waals surface area contributed by atoms with Crippen LogP contribution >= 0.6 is 11.6 Å². The average Bonchev–Trinajstić information content (AvgIpc) is 3.51. The molecule has 0 spiro atoms. The number of hydrazone groups is 1. The standard InChI is InChI=1S/C22H19ClF3N3O4/c1-2-33-21(32)18-16(19(30)28-15-5-3-4-13(10-15)22(24,25)26)17(18)20(31)29-27-11-12-6-8-14(23)9-7-12/h3-11,16-18H,2H2,1H3,(H,28,30)(H,29,31)/b27-11-/t16-,17+,18+/m1/s1. The molecule has 11 heteroatoms. The van der Waals surface area contributed by atoms with Gasteiger partial charge < -0.3 is 10.1 Å². The van der Waals surface area contributed by atoms with Crippen molar-refractivity contribution in [2.45, 2.75) is 13.1 Å². The van der Waals surface area contributed by atoms with Crippen LogP contribution in [0.4, 0.5) is 18.9 Å². The number of anilines is 1. The van der Waals surface area contributed by atoms with Crippen molar-refractivity contribution >= 4 is 41.3 Å². The maximum atomic E-state index is 12.9. The van der Waals surface area contributed by atoms with Crippen LogP contribution in [0.3, 0.4) is 0 Å². The van der Waals surface area contributed by atoms with Crippen LogP contribution in [0, 0.1) is 17.8 Å². The summed E-state index contributed by atoms with van der Waals surface area (Å²) in [5, 5.41) is 6.68. The van der Waals surface area contributed by atoms with Gasteiger partial charge in [-0.2, -0.15) is 18.3 Å². The molecule has 1 saturated carbocycles. The number of rotatable bonds is 7. The molecule has 1 aliphatic carbocycles. The van der Waals surface area contributed by atoms with Gasteiger partial charge in [0.1, 0.15) is 0 Å². The number of esters is 1. The Kier molecular flexibility index (Phi) is 7.37. The Morgan fingerprint density at radius 2 is 1.73 bits per heavy atom. The minimum Gasteiger partial charge on any atom is -0.466 e. The highest BCUT2D eigenvalue weighted by molar-refractivity contribution is 6.30. The van der Waals surface area contributed by atoms with Gasteiger partial charge in [0.25, 0.3) is 0 Å². The number of ether oxygens (including phenoxy) is 1. The molecule has 174 valence electrons. The molecular weight excluding hydrogens is 463 g/mol. The van der Waals surface area contributed by atoms with E-state index in [1.165, 1.54) is 12.3 Å². The first kappa shape index (κ1) is 24.2. The molecule has 7 nitrogen and oxygen atoms in total.